The van der Waals surface area contributed by atoms with Gasteiger partial charge < -0.3 is 18.9 Å². The van der Waals surface area contributed by atoms with Crippen LogP contribution in [0.3, 0.4) is 0 Å². The predicted octanol–water partition coefficient (Wildman–Crippen LogP) is 4.49. The Kier molecular flexibility index (Phi) is 6.49. The average Bonchev–Trinajstić information content (AvgIpc) is 2.62. The second-order valence-electron chi connectivity index (χ2n) is 5.15. The second kappa shape index (κ2) is 8.82. The highest BCUT2D eigenvalue weighted by Gasteiger charge is 2.16. The summed E-state index contributed by atoms with van der Waals surface area (Å²) < 4.78 is 22.3. The minimum atomic E-state index is 0.431. The average molecular weight is 330 g/mol. The summed E-state index contributed by atoms with van der Waals surface area (Å²) in [4.78, 5) is 11.2. The Hall–Kier alpha value is -2.69. The Labute approximate surface area is 142 Å². The number of rotatable bonds is 9. The SMILES string of the molecule is CCCCOc1c(OC)cc(C=O)cc1Oc1cccc(OC)c1. The van der Waals surface area contributed by atoms with Crippen molar-refractivity contribution in [3.05, 3.63) is 42.0 Å². The van der Waals surface area contributed by atoms with E-state index in [1.54, 1.807) is 31.4 Å². The fourth-order valence-corrected chi connectivity index (χ4v) is 2.14. The van der Waals surface area contributed by atoms with Crippen LogP contribution in [0.4, 0.5) is 0 Å². The molecule has 0 fully saturated rings. The zero-order valence-corrected chi connectivity index (χ0v) is 14.2. The highest BCUT2D eigenvalue weighted by Crippen LogP contribution is 2.41. The van der Waals surface area contributed by atoms with Crippen LogP contribution in [0.2, 0.25) is 0 Å². The summed E-state index contributed by atoms with van der Waals surface area (Å²) in [5, 5.41) is 0. The van der Waals surface area contributed by atoms with Crippen molar-refractivity contribution in [2.45, 2.75) is 19.8 Å². The summed E-state index contributed by atoms with van der Waals surface area (Å²) in [5.41, 5.74) is 0.451. The van der Waals surface area contributed by atoms with Gasteiger partial charge in [-0.15, -0.1) is 0 Å². The number of aldehydes is 1. The molecule has 0 heterocycles. The van der Waals surface area contributed by atoms with Crippen LogP contribution in [-0.4, -0.2) is 27.1 Å². The molecule has 0 radical (unpaired) electrons. The topological polar surface area (TPSA) is 54.0 Å². The largest absolute Gasteiger partial charge is 0.497 e. The quantitative estimate of drug-likeness (QED) is 0.501. The van der Waals surface area contributed by atoms with Gasteiger partial charge in [0.2, 0.25) is 5.75 Å². The third-order valence-electron chi connectivity index (χ3n) is 3.41. The maximum atomic E-state index is 11.2. The highest BCUT2D eigenvalue weighted by molar-refractivity contribution is 5.78. The van der Waals surface area contributed by atoms with Gasteiger partial charge in [-0.2, -0.15) is 0 Å². The smallest absolute Gasteiger partial charge is 0.204 e. The van der Waals surface area contributed by atoms with Gasteiger partial charge in [0.05, 0.1) is 20.8 Å². The molecule has 0 aromatic heterocycles. The lowest BCUT2D eigenvalue weighted by Crippen LogP contribution is -2.02. The van der Waals surface area contributed by atoms with Crippen LogP contribution in [0.1, 0.15) is 30.1 Å². The summed E-state index contributed by atoms with van der Waals surface area (Å²) in [6.45, 7) is 2.63. The van der Waals surface area contributed by atoms with Gasteiger partial charge in [0.1, 0.15) is 17.8 Å². The standard InChI is InChI=1S/C19H22O5/c1-4-5-9-23-19-17(22-3)10-14(13-20)11-18(19)24-16-8-6-7-15(12-16)21-2/h6-8,10-13H,4-5,9H2,1-3H3. The molecule has 0 spiro atoms. The van der Waals surface area contributed by atoms with E-state index in [1.807, 2.05) is 12.1 Å². The van der Waals surface area contributed by atoms with Crippen LogP contribution in [0.5, 0.6) is 28.7 Å². The van der Waals surface area contributed by atoms with Gasteiger partial charge in [0.25, 0.3) is 0 Å². The van der Waals surface area contributed by atoms with Gasteiger partial charge in [-0.25, -0.2) is 0 Å². The lowest BCUT2D eigenvalue weighted by molar-refractivity contribution is 0.112. The van der Waals surface area contributed by atoms with Gasteiger partial charge in [0.15, 0.2) is 11.5 Å². The van der Waals surface area contributed by atoms with Crippen LogP contribution in [0, 0.1) is 0 Å². The van der Waals surface area contributed by atoms with Crippen LogP contribution >= 0.6 is 0 Å². The molecule has 0 aliphatic carbocycles. The van der Waals surface area contributed by atoms with Crippen molar-refractivity contribution in [1.82, 2.24) is 0 Å². The third-order valence-corrected chi connectivity index (χ3v) is 3.41. The molecule has 0 bridgehead atoms. The summed E-state index contributed by atoms with van der Waals surface area (Å²) in [6, 6.07) is 10.5. The molecule has 128 valence electrons. The van der Waals surface area contributed by atoms with E-state index in [1.165, 1.54) is 7.11 Å². The molecule has 0 amide bonds. The molecule has 0 aliphatic rings. The number of ether oxygens (including phenoxy) is 4. The first-order chi connectivity index (χ1) is 11.7. The predicted molar refractivity (Wildman–Crippen MR) is 91.9 cm³/mol. The van der Waals surface area contributed by atoms with E-state index < -0.39 is 0 Å². The number of carbonyl (C=O) groups excluding carboxylic acids is 1. The van der Waals surface area contributed by atoms with Gasteiger partial charge in [-0.3, -0.25) is 4.79 Å². The fraction of sp³-hybridized carbons (Fsp3) is 0.316. The lowest BCUT2D eigenvalue weighted by Gasteiger charge is -2.16. The summed E-state index contributed by atoms with van der Waals surface area (Å²) in [6.07, 6.45) is 2.68. The molecule has 0 unspecified atom stereocenters. The van der Waals surface area contributed by atoms with E-state index in [0.29, 0.717) is 40.9 Å². The van der Waals surface area contributed by atoms with Gasteiger partial charge in [0, 0.05) is 11.6 Å². The molecule has 0 saturated heterocycles. The van der Waals surface area contributed by atoms with Gasteiger partial charge in [-0.05, 0) is 30.7 Å². The van der Waals surface area contributed by atoms with Crippen LogP contribution in [0.25, 0.3) is 0 Å². The maximum absolute atomic E-state index is 11.2. The summed E-state index contributed by atoms with van der Waals surface area (Å²) in [7, 11) is 3.13. The first-order valence-electron chi connectivity index (χ1n) is 7.83. The Morgan fingerprint density at radius 1 is 1.00 bits per heavy atom. The minimum absolute atomic E-state index is 0.431. The van der Waals surface area contributed by atoms with Crippen LogP contribution in [-0.2, 0) is 0 Å². The number of unbranched alkanes of at least 4 members (excludes halogenated alkanes) is 1. The van der Waals surface area contributed by atoms with Crippen molar-refractivity contribution in [1.29, 1.82) is 0 Å². The number of methoxy groups -OCH3 is 2. The van der Waals surface area contributed by atoms with E-state index in [0.717, 1.165) is 19.1 Å². The fourth-order valence-electron chi connectivity index (χ4n) is 2.14. The summed E-state index contributed by atoms with van der Waals surface area (Å²) in [5.74, 6) is 2.65. The Morgan fingerprint density at radius 3 is 2.42 bits per heavy atom. The second-order valence-corrected chi connectivity index (χ2v) is 5.15. The zero-order chi connectivity index (χ0) is 17.4. The minimum Gasteiger partial charge on any atom is -0.497 e. The van der Waals surface area contributed by atoms with E-state index in [4.69, 9.17) is 18.9 Å². The van der Waals surface area contributed by atoms with Crippen molar-refractivity contribution in [2.75, 3.05) is 20.8 Å². The molecule has 2 aromatic carbocycles. The van der Waals surface area contributed by atoms with Crippen LogP contribution in [0.15, 0.2) is 36.4 Å². The molecular formula is C19H22O5. The Morgan fingerprint density at radius 2 is 1.75 bits per heavy atom. The summed E-state index contributed by atoms with van der Waals surface area (Å²) >= 11 is 0. The molecule has 0 atom stereocenters. The monoisotopic (exact) mass is 330 g/mol. The number of benzene rings is 2. The van der Waals surface area contributed by atoms with Crippen LogP contribution < -0.4 is 18.9 Å². The first kappa shape index (κ1) is 17.7. The molecular weight excluding hydrogens is 308 g/mol. The first-order valence-corrected chi connectivity index (χ1v) is 7.83. The lowest BCUT2D eigenvalue weighted by atomic mass is 10.2. The zero-order valence-electron chi connectivity index (χ0n) is 14.2. The van der Waals surface area contributed by atoms with Crippen molar-refractivity contribution >= 4 is 6.29 Å². The molecule has 0 aliphatic heterocycles. The molecule has 0 saturated carbocycles. The number of carbonyl (C=O) groups is 1. The molecule has 2 aromatic rings. The van der Waals surface area contributed by atoms with Gasteiger partial charge in [-0.1, -0.05) is 19.4 Å². The molecule has 5 nitrogen and oxygen atoms in total. The molecule has 5 heteroatoms. The van der Waals surface area contributed by atoms with E-state index >= 15 is 0 Å². The van der Waals surface area contributed by atoms with Crippen molar-refractivity contribution < 1.29 is 23.7 Å². The number of hydrogen-bond donors (Lipinski definition) is 0. The van der Waals surface area contributed by atoms with E-state index in [9.17, 15) is 4.79 Å². The molecule has 0 N–H and O–H groups in total. The van der Waals surface area contributed by atoms with E-state index in [2.05, 4.69) is 6.92 Å². The molecule has 2 rings (SSSR count). The Balaban J connectivity index is 2.38. The normalized spacial score (nSPS) is 10.1. The van der Waals surface area contributed by atoms with E-state index in [-0.39, 0.29) is 0 Å². The van der Waals surface area contributed by atoms with Crippen molar-refractivity contribution in [2.24, 2.45) is 0 Å². The van der Waals surface area contributed by atoms with Gasteiger partial charge >= 0.3 is 0 Å². The Bertz CT molecular complexity index is 681. The highest BCUT2D eigenvalue weighted by atomic mass is 16.5. The van der Waals surface area contributed by atoms with Crippen molar-refractivity contribution in [3.63, 3.8) is 0 Å². The maximum Gasteiger partial charge on any atom is 0.204 e. The van der Waals surface area contributed by atoms with Crippen molar-refractivity contribution in [3.8, 4) is 28.7 Å². The number of hydrogen-bond acceptors (Lipinski definition) is 5. The third kappa shape index (κ3) is 4.41. The molecule has 24 heavy (non-hydrogen) atoms.